The summed E-state index contributed by atoms with van der Waals surface area (Å²) < 4.78 is 5.94. The van der Waals surface area contributed by atoms with Gasteiger partial charge in [-0.3, -0.25) is 0 Å². The highest BCUT2D eigenvalue weighted by Crippen LogP contribution is 2.35. The van der Waals surface area contributed by atoms with E-state index < -0.39 is 5.60 Å². The molecule has 0 aromatic heterocycles. The van der Waals surface area contributed by atoms with E-state index >= 15 is 0 Å². The molecule has 2 atom stereocenters. The number of ether oxygens (including phenoxy) is 1. The average molecular weight is 337 g/mol. The van der Waals surface area contributed by atoms with Crippen LogP contribution in [0.2, 0.25) is 0 Å². The van der Waals surface area contributed by atoms with Crippen LogP contribution in [0.4, 0.5) is 0 Å². The molecule has 2 aliphatic rings. The number of fused-ring (bicyclic) bond motifs is 2. The van der Waals surface area contributed by atoms with Gasteiger partial charge in [0.2, 0.25) is 0 Å². The first kappa shape index (κ1) is 16.6. The predicted octanol–water partition coefficient (Wildman–Crippen LogP) is 3.84. The molecule has 132 valence electrons. The topological polar surface area (TPSA) is 41.5 Å². The summed E-state index contributed by atoms with van der Waals surface area (Å²) in [6.07, 6.45) is 6.11. The second-order valence-electron chi connectivity index (χ2n) is 7.72. The Bertz CT molecular complexity index is 688. The average Bonchev–Trinajstić information content (AvgIpc) is 2.60. The maximum atomic E-state index is 11.1. The molecular formula is C22H27NO2. The third-order valence-electron chi connectivity index (χ3n) is 5.51. The largest absolute Gasteiger partial charge is 0.489 e. The molecule has 0 amide bonds. The van der Waals surface area contributed by atoms with Crippen LogP contribution in [0.1, 0.15) is 43.2 Å². The normalized spacial score (nSPS) is 28.5. The van der Waals surface area contributed by atoms with Crippen molar-refractivity contribution in [3.63, 3.8) is 0 Å². The van der Waals surface area contributed by atoms with E-state index in [1.54, 1.807) is 0 Å². The van der Waals surface area contributed by atoms with Crippen molar-refractivity contribution in [1.82, 2.24) is 5.32 Å². The molecule has 2 bridgehead atoms. The number of aliphatic hydroxyl groups is 1. The second kappa shape index (κ2) is 7.19. The summed E-state index contributed by atoms with van der Waals surface area (Å²) in [5.41, 5.74) is 1.74. The summed E-state index contributed by atoms with van der Waals surface area (Å²) in [5.74, 6) is 0.874. The minimum atomic E-state index is -0.584. The zero-order valence-electron chi connectivity index (χ0n) is 14.7. The van der Waals surface area contributed by atoms with Gasteiger partial charge in [-0.15, -0.1) is 0 Å². The van der Waals surface area contributed by atoms with Crippen molar-refractivity contribution < 1.29 is 9.84 Å². The molecule has 2 aliphatic heterocycles. The first-order valence-electron chi connectivity index (χ1n) is 9.43. The Morgan fingerprint density at radius 3 is 2.44 bits per heavy atom. The summed E-state index contributed by atoms with van der Waals surface area (Å²) in [7, 11) is 0. The molecular weight excluding hydrogens is 310 g/mol. The fraction of sp³-hybridized carbons (Fsp3) is 0.455. The molecule has 0 saturated carbocycles. The van der Waals surface area contributed by atoms with Gasteiger partial charge in [0.1, 0.15) is 12.4 Å². The fourth-order valence-electron chi connectivity index (χ4n) is 4.44. The Morgan fingerprint density at radius 1 is 0.960 bits per heavy atom. The minimum absolute atomic E-state index is 0.481. The van der Waals surface area contributed by atoms with Gasteiger partial charge in [0.25, 0.3) is 0 Å². The summed E-state index contributed by atoms with van der Waals surface area (Å²) in [4.78, 5) is 0. The molecule has 2 fully saturated rings. The van der Waals surface area contributed by atoms with Gasteiger partial charge in [0.05, 0.1) is 5.60 Å². The van der Waals surface area contributed by atoms with Crippen LogP contribution < -0.4 is 10.1 Å². The van der Waals surface area contributed by atoms with Crippen molar-refractivity contribution in [2.45, 2.75) is 62.8 Å². The van der Waals surface area contributed by atoms with E-state index in [-0.39, 0.29) is 0 Å². The third-order valence-corrected chi connectivity index (χ3v) is 5.51. The molecule has 25 heavy (non-hydrogen) atoms. The van der Waals surface area contributed by atoms with Gasteiger partial charge in [0.15, 0.2) is 0 Å². The van der Waals surface area contributed by atoms with Crippen LogP contribution in [0.15, 0.2) is 54.6 Å². The van der Waals surface area contributed by atoms with Gasteiger partial charge < -0.3 is 15.2 Å². The Morgan fingerprint density at radius 2 is 1.68 bits per heavy atom. The minimum Gasteiger partial charge on any atom is -0.489 e. The smallest absolute Gasteiger partial charge is 0.120 e. The molecule has 4 rings (SSSR count). The number of benzene rings is 2. The van der Waals surface area contributed by atoms with E-state index in [9.17, 15) is 5.11 Å². The Hall–Kier alpha value is -1.84. The lowest BCUT2D eigenvalue weighted by Gasteiger charge is -2.45. The standard InChI is InChI=1S/C22H27NO2/c24-22(14-19-9-5-10-20(15-22)23-19)13-18-8-4-11-21(12-18)25-16-17-6-2-1-3-7-17/h1-4,6-8,11-12,19-20,23-24H,5,9-10,13-16H2. The lowest BCUT2D eigenvalue weighted by Crippen LogP contribution is -2.56. The van der Waals surface area contributed by atoms with Crippen LogP contribution in [0, 0.1) is 0 Å². The van der Waals surface area contributed by atoms with Gasteiger partial charge in [0, 0.05) is 18.5 Å². The molecule has 3 heteroatoms. The number of hydrogen-bond donors (Lipinski definition) is 2. The molecule has 0 spiro atoms. The van der Waals surface area contributed by atoms with E-state index in [1.165, 1.54) is 19.3 Å². The molecule has 0 radical (unpaired) electrons. The maximum absolute atomic E-state index is 11.1. The Labute approximate surface area is 150 Å². The van der Waals surface area contributed by atoms with Crippen LogP contribution in [-0.4, -0.2) is 22.8 Å². The van der Waals surface area contributed by atoms with Gasteiger partial charge in [-0.2, -0.15) is 0 Å². The first-order chi connectivity index (χ1) is 12.2. The van der Waals surface area contributed by atoms with Gasteiger partial charge in [-0.1, -0.05) is 48.9 Å². The van der Waals surface area contributed by atoms with Crippen molar-refractivity contribution >= 4 is 0 Å². The SMILES string of the molecule is OC1(Cc2cccc(OCc3ccccc3)c2)CC2CCCC(C1)N2. The number of piperidine rings is 2. The molecule has 0 aliphatic carbocycles. The molecule has 2 heterocycles. The van der Waals surface area contributed by atoms with Gasteiger partial charge in [-0.05, 0) is 48.9 Å². The highest BCUT2D eigenvalue weighted by atomic mass is 16.5. The summed E-state index contributed by atoms with van der Waals surface area (Å²) in [6.45, 7) is 0.572. The molecule has 3 nitrogen and oxygen atoms in total. The van der Waals surface area contributed by atoms with Crippen LogP contribution in [0.25, 0.3) is 0 Å². The van der Waals surface area contributed by atoms with E-state index in [4.69, 9.17) is 4.74 Å². The molecule has 2 aromatic carbocycles. The van der Waals surface area contributed by atoms with Crippen molar-refractivity contribution in [3.8, 4) is 5.75 Å². The maximum Gasteiger partial charge on any atom is 0.120 e. The highest BCUT2D eigenvalue weighted by molar-refractivity contribution is 5.30. The monoisotopic (exact) mass is 337 g/mol. The van der Waals surface area contributed by atoms with E-state index in [0.717, 1.165) is 29.7 Å². The summed E-state index contributed by atoms with van der Waals surface area (Å²) in [5, 5.41) is 14.8. The van der Waals surface area contributed by atoms with E-state index in [0.29, 0.717) is 25.1 Å². The first-order valence-corrected chi connectivity index (χ1v) is 9.43. The van der Waals surface area contributed by atoms with Crippen molar-refractivity contribution in [2.24, 2.45) is 0 Å². The molecule has 2 saturated heterocycles. The molecule has 2 aromatic rings. The van der Waals surface area contributed by atoms with E-state index in [2.05, 4.69) is 29.6 Å². The van der Waals surface area contributed by atoms with Crippen LogP contribution in [0.5, 0.6) is 5.75 Å². The molecule has 2 N–H and O–H groups in total. The van der Waals surface area contributed by atoms with Gasteiger partial charge >= 0.3 is 0 Å². The fourth-order valence-corrected chi connectivity index (χ4v) is 4.44. The number of nitrogens with one attached hydrogen (secondary N) is 1. The molecule has 2 unspecified atom stereocenters. The van der Waals surface area contributed by atoms with Crippen LogP contribution in [0.3, 0.4) is 0 Å². The highest BCUT2D eigenvalue weighted by Gasteiger charge is 2.40. The van der Waals surface area contributed by atoms with Crippen LogP contribution >= 0.6 is 0 Å². The summed E-state index contributed by atoms with van der Waals surface area (Å²) >= 11 is 0. The van der Waals surface area contributed by atoms with E-state index in [1.807, 2.05) is 30.3 Å². The lowest BCUT2D eigenvalue weighted by atomic mass is 9.74. The Balaban J connectivity index is 1.41. The van der Waals surface area contributed by atoms with Crippen molar-refractivity contribution in [3.05, 3.63) is 65.7 Å². The summed E-state index contributed by atoms with van der Waals surface area (Å²) in [6, 6.07) is 19.4. The van der Waals surface area contributed by atoms with Gasteiger partial charge in [-0.25, -0.2) is 0 Å². The van der Waals surface area contributed by atoms with Crippen molar-refractivity contribution in [1.29, 1.82) is 0 Å². The Kier molecular flexibility index (Phi) is 4.78. The number of hydrogen-bond acceptors (Lipinski definition) is 3. The predicted molar refractivity (Wildman–Crippen MR) is 99.7 cm³/mol. The number of rotatable bonds is 5. The zero-order chi connectivity index (χ0) is 17.1. The third kappa shape index (κ3) is 4.23. The second-order valence-corrected chi connectivity index (χ2v) is 7.72. The van der Waals surface area contributed by atoms with Crippen LogP contribution in [-0.2, 0) is 13.0 Å². The zero-order valence-corrected chi connectivity index (χ0v) is 14.7. The quantitative estimate of drug-likeness (QED) is 0.871. The van der Waals surface area contributed by atoms with Crippen molar-refractivity contribution in [2.75, 3.05) is 0 Å². The lowest BCUT2D eigenvalue weighted by molar-refractivity contribution is -0.0303.